The Labute approximate surface area is 152 Å². The van der Waals surface area contributed by atoms with Crippen LogP contribution >= 0.6 is 0 Å². The van der Waals surface area contributed by atoms with Gasteiger partial charge < -0.3 is 0 Å². The first-order valence-electron chi connectivity index (χ1n) is 6.94. The summed E-state index contributed by atoms with van der Waals surface area (Å²) in [6.45, 7) is 1.87. The molecule has 26 heavy (non-hydrogen) atoms. The third-order valence-electron chi connectivity index (χ3n) is 3.55. The Morgan fingerprint density at radius 3 is 2.62 bits per heavy atom. The number of carbonyl (C=O) groups is 1. The van der Waals surface area contributed by atoms with E-state index >= 15 is 0 Å². The van der Waals surface area contributed by atoms with Crippen molar-refractivity contribution in [3.8, 4) is 6.07 Å². The molecule has 0 fully saturated rings. The zero-order valence-corrected chi connectivity index (χ0v) is 15.7. The fraction of sp³-hybridized carbons (Fsp3) is 0.267. The summed E-state index contributed by atoms with van der Waals surface area (Å²) in [6.07, 6.45) is 0. The molecule has 1 unspecified atom stereocenters. The fourth-order valence-corrected chi connectivity index (χ4v) is 5.13. The van der Waals surface area contributed by atoms with Gasteiger partial charge in [0.2, 0.25) is 0 Å². The number of halogens is 3. The first-order chi connectivity index (χ1) is 12.1. The van der Waals surface area contributed by atoms with Crippen LogP contribution in [0.1, 0.15) is 27.2 Å². The molecule has 1 aromatic carbocycles. The minimum absolute atomic E-state index is 0.0997. The molecule has 1 atom stereocenters. The van der Waals surface area contributed by atoms with Crippen LogP contribution in [0.5, 0.6) is 0 Å². The maximum atomic E-state index is 12.8. The Balaban J connectivity index is 2.58. The van der Waals surface area contributed by atoms with Gasteiger partial charge >= 0.3 is 153 Å². The number of aromatic nitrogens is 1. The molecule has 0 radical (unpaired) electrons. The Bertz CT molecular complexity index is 964. The number of nitriles is 1. The minimum atomic E-state index is -5.65. The van der Waals surface area contributed by atoms with Gasteiger partial charge in [0.1, 0.15) is 0 Å². The van der Waals surface area contributed by atoms with Gasteiger partial charge in [-0.05, 0) is 0 Å². The van der Waals surface area contributed by atoms with Gasteiger partial charge in [0.25, 0.3) is 0 Å². The number of rotatable bonds is 6. The van der Waals surface area contributed by atoms with E-state index in [1.54, 1.807) is 12.0 Å². The number of nitrogens with zero attached hydrogens (tertiary/aromatic N) is 2. The molecule has 0 bridgehead atoms. The van der Waals surface area contributed by atoms with Crippen LogP contribution in [0.3, 0.4) is 0 Å². The van der Waals surface area contributed by atoms with Gasteiger partial charge in [0.05, 0.1) is 0 Å². The number of aryl methyl sites for hydroxylation is 1. The Morgan fingerprint density at radius 1 is 1.42 bits per heavy atom. The number of alkyl halides is 3. The summed E-state index contributed by atoms with van der Waals surface area (Å²) < 4.78 is 67.2. The molecule has 0 aliphatic heterocycles. The van der Waals surface area contributed by atoms with Crippen LogP contribution in [0.2, 0.25) is 0 Å². The average Bonchev–Trinajstić information content (AvgIpc) is 3.00. The van der Waals surface area contributed by atoms with E-state index in [9.17, 15) is 26.4 Å². The van der Waals surface area contributed by atoms with E-state index in [1.807, 2.05) is 0 Å². The summed E-state index contributed by atoms with van der Waals surface area (Å²) >= 11 is -0.148. The number of benzene rings is 1. The molecule has 6 nitrogen and oxygen atoms in total. The van der Waals surface area contributed by atoms with E-state index in [4.69, 9.17) is 10.00 Å². The Morgan fingerprint density at radius 2 is 2.12 bits per heavy atom. The van der Waals surface area contributed by atoms with Gasteiger partial charge in [0, 0.05) is 0 Å². The molecule has 2 rings (SSSR count). The van der Waals surface area contributed by atoms with Crippen LogP contribution in [0.25, 0.3) is 0 Å². The van der Waals surface area contributed by atoms with E-state index in [1.165, 1.54) is 12.1 Å². The van der Waals surface area contributed by atoms with Crippen LogP contribution < -0.4 is 0 Å². The molecule has 0 aliphatic rings. The normalized spacial score (nSPS) is 13.0. The van der Waals surface area contributed by atoms with Crippen molar-refractivity contribution in [3.05, 3.63) is 44.5 Å². The second kappa shape index (κ2) is 7.61. The fourth-order valence-electron chi connectivity index (χ4n) is 2.31. The van der Waals surface area contributed by atoms with Gasteiger partial charge in [-0.1, -0.05) is 0 Å². The predicted molar refractivity (Wildman–Crippen MR) is 84.2 cm³/mol. The third-order valence-corrected chi connectivity index (χ3v) is 7.29. The van der Waals surface area contributed by atoms with Crippen molar-refractivity contribution in [2.75, 3.05) is 6.61 Å². The SMILES string of the molecule is Cc1nc[se]c1C(COC=O)c1ccc(S(=O)(=O)C(F)(F)F)c(C#N)c1. The van der Waals surface area contributed by atoms with Gasteiger partial charge in [-0.2, -0.15) is 0 Å². The van der Waals surface area contributed by atoms with Crippen molar-refractivity contribution in [1.29, 1.82) is 5.26 Å². The van der Waals surface area contributed by atoms with Crippen molar-refractivity contribution in [3.63, 3.8) is 0 Å². The maximum absolute atomic E-state index is 12.8. The first kappa shape index (κ1) is 20.2. The number of carbonyl (C=O) groups excluding carboxylic acids is 1. The molecule has 0 saturated heterocycles. The molecule has 0 spiro atoms. The molecule has 11 heteroatoms. The molecular formula is C15H11F3N2O4SSe. The molecule has 0 aliphatic carbocycles. The topological polar surface area (TPSA) is 97.1 Å². The molecule has 0 N–H and O–H groups in total. The van der Waals surface area contributed by atoms with Crippen LogP contribution in [0, 0.1) is 18.3 Å². The summed E-state index contributed by atoms with van der Waals surface area (Å²) in [4.78, 5) is 13.6. The first-order valence-corrected chi connectivity index (χ1v) is 10.3. The second-order valence-electron chi connectivity index (χ2n) is 5.10. The van der Waals surface area contributed by atoms with E-state index < -0.39 is 31.7 Å². The monoisotopic (exact) mass is 452 g/mol. The molecular weight excluding hydrogens is 440 g/mol. The van der Waals surface area contributed by atoms with E-state index in [2.05, 4.69) is 4.98 Å². The van der Waals surface area contributed by atoms with E-state index in [-0.39, 0.29) is 27.6 Å². The third kappa shape index (κ3) is 3.82. The van der Waals surface area contributed by atoms with Crippen molar-refractivity contribution < 1.29 is 31.1 Å². The number of hydrogen-bond donors (Lipinski definition) is 0. The van der Waals surface area contributed by atoms with Crippen LogP contribution in [-0.4, -0.2) is 46.5 Å². The Hall–Kier alpha value is -2.15. The average molecular weight is 451 g/mol. The molecule has 2 aromatic rings. The molecule has 1 aromatic heterocycles. The molecule has 0 saturated carbocycles. The zero-order valence-electron chi connectivity index (χ0n) is 13.1. The molecule has 138 valence electrons. The number of sulfone groups is 1. The zero-order chi connectivity index (χ0) is 19.5. The molecule has 1 heterocycles. The number of hydrogen-bond acceptors (Lipinski definition) is 6. The summed E-state index contributed by atoms with van der Waals surface area (Å²) in [7, 11) is -5.65. The van der Waals surface area contributed by atoms with Crippen molar-refractivity contribution in [1.82, 2.24) is 4.98 Å². The van der Waals surface area contributed by atoms with Gasteiger partial charge in [-0.15, -0.1) is 0 Å². The predicted octanol–water partition coefficient (Wildman–Crippen LogP) is 1.92. The van der Waals surface area contributed by atoms with Gasteiger partial charge in [-0.3, -0.25) is 0 Å². The van der Waals surface area contributed by atoms with Crippen LogP contribution in [0.15, 0.2) is 28.2 Å². The van der Waals surface area contributed by atoms with E-state index in [0.717, 1.165) is 16.6 Å². The van der Waals surface area contributed by atoms with Crippen LogP contribution in [-0.2, 0) is 19.4 Å². The van der Waals surface area contributed by atoms with Crippen molar-refractivity contribution in [2.24, 2.45) is 0 Å². The van der Waals surface area contributed by atoms with Gasteiger partial charge in [0.15, 0.2) is 0 Å². The van der Waals surface area contributed by atoms with Crippen molar-refractivity contribution in [2.45, 2.75) is 23.2 Å². The summed E-state index contributed by atoms with van der Waals surface area (Å²) in [5, 5.41) is 10.8. The summed E-state index contributed by atoms with van der Waals surface area (Å²) in [5.74, 6) is -0.530. The standard InChI is InChI=1S/C15H11F3N2O4SSe/c1-9-14(26-7-20-9)12(6-24-8-21)10-2-3-13(11(4-10)5-19)25(22,23)15(16,17)18/h2-4,7-8,12H,6H2,1H3. The van der Waals surface area contributed by atoms with Crippen molar-refractivity contribution >= 4 is 30.8 Å². The van der Waals surface area contributed by atoms with E-state index in [0.29, 0.717) is 11.3 Å². The second-order valence-corrected chi connectivity index (χ2v) is 8.87. The van der Waals surface area contributed by atoms with Crippen LogP contribution in [0.4, 0.5) is 13.2 Å². The molecule has 0 amide bonds. The number of ether oxygens (including phenoxy) is 1. The quantitative estimate of drug-likeness (QED) is 0.492. The summed E-state index contributed by atoms with van der Waals surface area (Å²) in [5.41, 5.74) is -5.08. The van der Waals surface area contributed by atoms with Gasteiger partial charge in [-0.25, -0.2) is 0 Å². The summed E-state index contributed by atoms with van der Waals surface area (Å²) in [6, 6.07) is 4.51. The Kier molecular flexibility index (Phi) is 5.91.